The monoisotopic (exact) mass is 277 g/mol. The smallest absolute Gasteiger partial charge is 0.165 e. The van der Waals surface area contributed by atoms with E-state index in [4.69, 9.17) is 4.74 Å². The van der Waals surface area contributed by atoms with E-state index in [1.807, 2.05) is 24.1 Å². The molecule has 0 bridgehead atoms. The van der Waals surface area contributed by atoms with Gasteiger partial charge in [-0.1, -0.05) is 18.9 Å². The lowest BCUT2D eigenvalue weighted by Crippen LogP contribution is -2.44. The zero-order chi connectivity index (χ0) is 14.7. The molecule has 1 aliphatic rings. The summed E-state index contributed by atoms with van der Waals surface area (Å²) in [7, 11) is 3.52. The lowest BCUT2D eigenvalue weighted by Gasteiger charge is -2.37. The van der Waals surface area contributed by atoms with Gasteiger partial charge in [0, 0.05) is 7.05 Å². The van der Waals surface area contributed by atoms with Crippen molar-refractivity contribution in [3.63, 3.8) is 0 Å². The van der Waals surface area contributed by atoms with Gasteiger partial charge in [-0.15, -0.1) is 0 Å². The molecule has 2 unspecified atom stereocenters. The number of methoxy groups -OCH3 is 1. The second kappa shape index (κ2) is 6.27. The van der Waals surface area contributed by atoms with E-state index in [1.165, 1.54) is 0 Å². The van der Waals surface area contributed by atoms with Gasteiger partial charge in [0.05, 0.1) is 30.5 Å². The quantitative estimate of drug-likeness (QED) is 0.860. The van der Waals surface area contributed by atoms with Crippen LogP contribution in [-0.4, -0.2) is 37.2 Å². The number of ether oxygens (including phenoxy) is 1. The van der Waals surface area contributed by atoms with Crippen molar-refractivity contribution in [2.75, 3.05) is 19.1 Å². The Hall–Kier alpha value is -1.55. The Morgan fingerprint density at radius 3 is 2.65 bits per heavy atom. The number of hydrogen-bond acceptors (Lipinski definition) is 4. The van der Waals surface area contributed by atoms with Gasteiger partial charge in [-0.25, -0.2) is 0 Å². The molecule has 2 atom stereocenters. The summed E-state index contributed by atoms with van der Waals surface area (Å²) in [6.07, 6.45) is 3.63. The molecule has 0 saturated heterocycles. The first-order valence-electron chi connectivity index (χ1n) is 7.15. The summed E-state index contributed by atoms with van der Waals surface area (Å²) in [6, 6.07) is 5.66. The van der Waals surface area contributed by atoms with E-state index in [0.717, 1.165) is 31.4 Å². The topological polar surface area (TPSA) is 49.8 Å². The molecule has 1 saturated carbocycles. The fourth-order valence-electron chi connectivity index (χ4n) is 3.06. The van der Waals surface area contributed by atoms with Gasteiger partial charge >= 0.3 is 0 Å². The standard InChI is InChI=1S/C16H23NO3/c1-11(18)16-13(8-6-10-15(16)20-3)17(2)12-7-4-5-9-14(12)19/h6,8,10,12,14,19H,4-5,7,9H2,1-3H3. The van der Waals surface area contributed by atoms with Gasteiger partial charge in [-0.05, 0) is 31.9 Å². The summed E-state index contributed by atoms with van der Waals surface area (Å²) in [5, 5.41) is 10.2. The average molecular weight is 277 g/mol. The Balaban J connectivity index is 2.38. The molecule has 1 aromatic rings. The highest BCUT2D eigenvalue weighted by Crippen LogP contribution is 2.33. The lowest BCUT2D eigenvalue weighted by molar-refractivity contribution is 0.100. The van der Waals surface area contributed by atoms with Gasteiger partial charge in [0.1, 0.15) is 5.75 Å². The molecule has 1 aromatic carbocycles. The summed E-state index contributed by atoms with van der Waals surface area (Å²) >= 11 is 0. The molecule has 0 aliphatic heterocycles. The number of anilines is 1. The SMILES string of the molecule is COc1cccc(N(C)C2CCCCC2O)c1C(C)=O. The molecule has 4 nitrogen and oxygen atoms in total. The van der Waals surface area contributed by atoms with Crippen LogP contribution in [-0.2, 0) is 0 Å². The molecule has 0 heterocycles. The number of aliphatic hydroxyl groups is 1. The number of hydrogen-bond donors (Lipinski definition) is 1. The van der Waals surface area contributed by atoms with Gasteiger partial charge in [0.15, 0.2) is 5.78 Å². The van der Waals surface area contributed by atoms with Crippen molar-refractivity contribution >= 4 is 11.5 Å². The highest BCUT2D eigenvalue weighted by atomic mass is 16.5. The number of ketones is 1. The fraction of sp³-hybridized carbons (Fsp3) is 0.562. The van der Waals surface area contributed by atoms with Crippen molar-refractivity contribution in [2.45, 2.75) is 44.8 Å². The van der Waals surface area contributed by atoms with Crippen LogP contribution in [0.4, 0.5) is 5.69 Å². The van der Waals surface area contributed by atoms with Crippen LogP contribution in [0.3, 0.4) is 0 Å². The molecule has 0 aromatic heterocycles. The van der Waals surface area contributed by atoms with E-state index in [0.29, 0.717) is 11.3 Å². The number of carbonyl (C=O) groups excluding carboxylic acids is 1. The molecule has 110 valence electrons. The maximum absolute atomic E-state index is 11.9. The summed E-state index contributed by atoms with van der Waals surface area (Å²) in [5.74, 6) is 0.571. The van der Waals surface area contributed by atoms with Crippen LogP contribution in [0.2, 0.25) is 0 Å². The Kier molecular flexibility index (Phi) is 4.65. The Bertz CT molecular complexity index is 487. The van der Waals surface area contributed by atoms with Crippen LogP contribution in [0, 0.1) is 0 Å². The number of benzene rings is 1. The summed E-state index contributed by atoms with van der Waals surface area (Å²) in [6.45, 7) is 1.55. The Labute approximate surface area is 120 Å². The van der Waals surface area contributed by atoms with Crippen LogP contribution in [0.1, 0.15) is 43.0 Å². The molecule has 0 amide bonds. The number of rotatable bonds is 4. The summed E-state index contributed by atoms with van der Waals surface area (Å²) < 4.78 is 5.30. The van der Waals surface area contributed by atoms with Crippen LogP contribution in [0.15, 0.2) is 18.2 Å². The molecule has 0 radical (unpaired) electrons. The van der Waals surface area contributed by atoms with Gasteiger partial charge < -0.3 is 14.7 Å². The lowest BCUT2D eigenvalue weighted by atomic mass is 9.91. The first kappa shape index (κ1) is 14.9. The fourth-order valence-corrected chi connectivity index (χ4v) is 3.06. The number of likely N-dealkylation sites (N-methyl/N-ethyl adjacent to an activating group) is 1. The number of aliphatic hydroxyl groups excluding tert-OH is 1. The molecule has 4 heteroatoms. The van der Waals surface area contributed by atoms with Gasteiger partial charge in [0.2, 0.25) is 0 Å². The highest BCUT2D eigenvalue weighted by Gasteiger charge is 2.29. The number of Topliss-reactive ketones (excluding diaryl/α,β-unsaturated/α-hetero) is 1. The third-order valence-electron chi connectivity index (χ3n) is 4.15. The molecule has 1 N–H and O–H groups in total. The van der Waals surface area contributed by atoms with Crippen molar-refractivity contribution in [1.82, 2.24) is 0 Å². The predicted molar refractivity (Wildman–Crippen MR) is 79.7 cm³/mol. The first-order valence-corrected chi connectivity index (χ1v) is 7.15. The van der Waals surface area contributed by atoms with E-state index in [-0.39, 0.29) is 17.9 Å². The van der Waals surface area contributed by atoms with Crippen LogP contribution in [0.5, 0.6) is 5.75 Å². The molecule has 2 rings (SSSR count). The largest absolute Gasteiger partial charge is 0.496 e. The van der Waals surface area contributed by atoms with Crippen LogP contribution in [0.25, 0.3) is 0 Å². The van der Waals surface area contributed by atoms with E-state index >= 15 is 0 Å². The molecule has 1 aliphatic carbocycles. The number of carbonyl (C=O) groups is 1. The maximum atomic E-state index is 11.9. The van der Waals surface area contributed by atoms with Crippen molar-refractivity contribution in [3.05, 3.63) is 23.8 Å². The molecule has 20 heavy (non-hydrogen) atoms. The number of nitrogens with zero attached hydrogens (tertiary/aromatic N) is 1. The van der Waals surface area contributed by atoms with Crippen molar-refractivity contribution in [1.29, 1.82) is 0 Å². The molecule has 0 spiro atoms. The minimum atomic E-state index is -0.334. The zero-order valence-electron chi connectivity index (χ0n) is 12.4. The van der Waals surface area contributed by atoms with Crippen molar-refractivity contribution in [3.8, 4) is 5.75 Å². The predicted octanol–water partition coefficient (Wildman–Crippen LogP) is 2.64. The average Bonchev–Trinajstić information content (AvgIpc) is 2.46. The molecular formula is C16H23NO3. The van der Waals surface area contributed by atoms with Gasteiger partial charge in [0.25, 0.3) is 0 Å². The highest BCUT2D eigenvalue weighted by molar-refractivity contribution is 6.02. The van der Waals surface area contributed by atoms with Gasteiger partial charge in [-0.2, -0.15) is 0 Å². The summed E-state index contributed by atoms with van der Waals surface area (Å²) in [5.41, 5.74) is 1.43. The normalized spacial score (nSPS) is 22.4. The van der Waals surface area contributed by atoms with E-state index < -0.39 is 0 Å². The third-order valence-corrected chi connectivity index (χ3v) is 4.15. The van der Waals surface area contributed by atoms with Crippen LogP contribution >= 0.6 is 0 Å². The van der Waals surface area contributed by atoms with E-state index in [9.17, 15) is 9.90 Å². The van der Waals surface area contributed by atoms with E-state index in [2.05, 4.69) is 0 Å². The van der Waals surface area contributed by atoms with E-state index in [1.54, 1.807) is 20.1 Å². The minimum Gasteiger partial charge on any atom is -0.496 e. The molecule has 1 fully saturated rings. The Morgan fingerprint density at radius 1 is 1.35 bits per heavy atom. The Morgan fingerprint density at radius 2 is 2.05 bits per heavy atom. The zero-order valence-corrected chi connectivity index (χ0v) is 12.4. The van der Waals surface area contributed by atoms with Crippen LogP contribution < -0.4 is 9.64 Å². The third kappa shape index (κ3) is 2.80. The minimum absolute atomic E-state index is 0.0189. The molecular weight excluding hydrogens is 254 g/mol. The second-order valence-electron chi connectivity index (χ2n) is 5.44. The summed E-state index contributed by atoms with van der Waals surface area (Å²) in [4.78, 5) is 14.0. The maximum Gasteiger partial charge on any atom is 0.165 e. The second-order valence-corrected chi connectivity index (χ2v) is 5.44. The van der Waals surface area contributed by atoms with Crippen molar-refractivity contribution in [2.24, 2.45) is 0 Å². The first-order chi connectivity index (χ1) is 9.56. The van der Waals surface area contributed by atoms with Gasteiger partial charge in [-0.3, -0.25) is 4.79 Å². The van der Waals surface area contributed by atoms with Crippen molar-refractivity contribution < 1.29 is 14.6 Å².